The van der Waals surface area contributed by atoms with E-state index < -0.39 is 5.97 Å². The Balaban J connectivity index is 2.01. The fraction of sp³-hybridized carbons (Fsp3) is 0.250. The molecular formula is C8H7ClN4O2S. The molecule has 0 saturated heterocycles. The summed E-state index contributed by atoms with van der Waals surface area (Å²) in [6.07, 6.45) is 3.05. The van der Waals surface area contributed by atoms with Crippen LogP contribution in [0.25, 0.3) is 0 Å². The van der Waals surface area contributed by atoms with Gasteiger partial charge in [0.25, 0.3) is 0 Å². The van der Waals surface area contributed by atoms with Gasteiger partial charge in [-0.05, 0) is 11.5 Å². The fourth-order valence-corrected chi connectivity index (χ4v) is 1.71. The number of aromatic nitrogens is 4. The molecule has 0 atom stereocenters. The lowest BCUT2D eigenvalue weighted by Gasteiger charge is -1.99. The third-order valence-electron chi connectivity index (χ3n) is 1.76. The van der Waals surface area contributed by atoms with Crippen molar-refractivity contribution < 1.29 is 9.53 Å². The highest BCUT2D eigenvalue weighted by Gasteiger charge is 2.15. The summed E-state index contributed by atoms with van der Waals surface area (Å²) in [5.74, 6) is -0.508. The summed E-state index contributed by atoms with van der Waals surface area (Å²) < 4.78 is 10.1. The van der Waals surface area contributed by atoms with Crippen LogP contribution < -0.4 is 0 Å². The number of carbonyl (C=O) groups excluding carboxylic acids is 1. The molecule has 0 fully saturated rings. The van der Waals surface area contributed by atoms with Gasteiger partial charge in [-0.3, -0.25) is 4.68 Å². The van der Waals surface area contributed by atoms with Gasteiger partial charge in [0.1, 0.15) is 12.2 Å². The van der Waals surface area contributed by atoms with Gasteiger partial charge >= 0.3 is 5.97 Å². The zero-order valence-corrected chi connectivity index (χ0v) is 9.83. The van der Waals surface area contributed by atoms with Crippen LogP contribution in [-0.2, 0) is 18.4 Å². The number of ether oxygens (including phenoxy) is 1. The van der Waals surface area contributed by atoms with Crippen LogP contribution in [-0.4, -0.2) is 25.3 Å². The predicted molar refractivity (Wildman–Crippen MR) is 57.2 cm³/mol. The first-order valence-electron chi connectivity index (χ1n) is 4.29. The number of nitrogens with zero attached hydrogens (tertiary/aromatic N) is 4. The van der Waals surface area contributed by atoms with Crippen molar-refractivity contribution in [1.82, 2.24) is 19.4 Å². The van der Waals surface area contributed by atoms with Gasteiger partial charge < -0.3 is 4.74 Å². The van der Waals surface area contributed by atoms with E-state index in [1.54, 1.807) is 13.2 Å². The quantitative estimate of drug-likeness (QED) is 0.776. The number of halogens is 1. The number of rotatable bonds is 3. The van der Waals surface area contributed by atoms with E-state index in [4.69, 9.17) is 16.3 Å². The average molecular weight is 259 g/mol. The Hall–Kier alpha value is -1.47. The number of esters is 1. The predicted octanol–water partition coefficient (Wildman–Crippen LogP) is 1.28. The van der Waals surface area contributed by atoms with Gasteiger partial charge in [-0.15, -0.1) is 5.10 Å². The highest BCUT2D eigenvalue weighted by molar-refractivity contribution is 7.05. The van der Waals surface area contributed by atoms with Gasteiger partial charge in [-0.1, -0.05) is 16.1 Å². The molecule has 2 rings (SSSR count). The van der Waals surface area contributed by atoms with Crippen LogP contribution in [0.4, 0.5) is 0 Å². The van der Waals surface area contributed by atoms with Crippen molar-refractivity contribution in [2.75, 3.05) is 0 Å². The second-order valence-electron chi connectivity index (χ2n) is 2.97. The smallest absolute Gasteiger partial charge is 0.343 e. The van der Waals surface area contributed by atoms with Crippen LogP contribution in [0.2, 0.25) is 5.15 Å². The summed E-state index contributed by atoms with van der Waals surface area (Å²) in [6.45, 7) is 0.141. The van der Waals surface area contributed by atoms with Crippen LogP contribution in [0, 0.1) is 0 Å². The molecule has 2 heterocycles. The van der Waals surface area contributed by atoms with Gasteiger partial charge in [0.05, 0.1) is 11.1 Å². The number of carbonyl (C=O) groups is 1. The zero-order chi connectivity index (χ0) is 11.5. The third kappa shape index (κ3) is 2.37. The Labute approximate surface area is 100.0 Å². The minimum atomic E-state index is -0.508. The largest absolute Gasteiger partial charge is 0.456 e. The Bertz CT molecular complexity index is 496. The first kappa shape index (κ1) is 11.0. The van der Waals surface area contributed by atoms with Crippen molar-refractivity contribution in [2.24, 2.45) is 7.05 Å². The van der Waals surface area contributed by atoms with Crippen molar-refractivity contribution >= 4 is 29.1 Å². The molecule has 0 aromatic carbocycles. The van der Waals surface area contributed by atoms with Crippen molar-refractivity contribution in [1.29, 1.82) is 0 Å². The maximum Gasteiger partial charge on any atom is 0.343 e. The molecule has 6 nitrogen and oxygen atoms in total. The molecule has 2 aromatic rings. The van der Waals surface area contributed by atoms with Gasteiger partial charge in [-0.2, -0.15) is 5.10 Å². The van der Waals surface area contributed by atoms with E-state index in [-0.39, 0.29) is 17.3 Å². The second kappa shape index (κ2) is 4.58. The molecule has 0 radical (unpaired) electrons. The average Bonchev–Trinajstić information content (AvgIpc) is 2.84. The lowest BCUT2D eigenvalue weighted by Crippen LogP contribution is -2.04. The van der Waals surface area contributed by atoms with E-state index >= 15 is 0 Å². The molecule has 0 spiro atoms. The molecular weight excluding hydrogens is 252 g/mol. The van der Waals surface area contributed by atoms with Gasteiger partial charge in [0, 0.05) is 13.2 Å². The van der Waals surface area contributed by atoms with Crippen LogP contribution in [0.3, 0.4) is 0 Å². The number of hydrogen-bond donors (Lipinski definition) is 0. The molecule has 0 saturated carbocycles. The van der Waals surface area contributed by atoms with Crippen LogP contribution in [0.15, 0.2) is 12.4 Å². The standard InChI is InChI=1S/C8H7ClN4O2S/c1-13-3-6(7(9)11-13)8(14)15-4-5-2-10-12-16-5/h2-3H,4H2,1H3. The van der Waals surface area contributed by atoms with Gasteiger partial charge in [0.2, 0.25) is 0 Å². The van der Waals surface area contributed by atoms with Crippen LogP contribution in [0.1, 0.15) is 15.2 Å². The van der Waals surface area contributed by atoms with E-state index in [9.17, 15) is 4.79 Å². The van der Waals surface area contributed by atoms with E-state index in [0.717, 1.165) is 4.88 Å². The topological polar surface area (TPSA) is 69.9 Å². The molecule has 0 aliphatic heterocycles. The highest BCUT2D eigenvalue weighted by Crippen LogP contribution is 2.15. The van der Waals surface area contributed by atoms with Gasteiger partial charge in [0.15, 0.2) is 5.15 Å². The molecule has 0 aliphatic carbocycles. The highest BCUT2D eigenvalue weighted by atomic mass is 35.5. The summed E-state index contributed by atoms with van der Waals surface area (Å²) in [7, 11) is 1.68. The Morgan fingerprint density at radius 1 is 1.69 bits per heavy atom. The zero-order valence-electron chi connectivity index (χ0n) is 8.25. The number of aryl methyl sites for hydroxylation is 1. The van der Waals surface area contributed by atoms with E-state index in [0.29, 0.717) is 0 Å². The van der Waals surface area contributed by atoms with E-state index in [1.807, 2.05) is 0 Å². The summed E-state index contributed by atoms with van der Waals surface area (Å²) in [5.41, 5.74) is 0.252. The SMILES string of the molecule is Cn1cc(C(=O)OCc2cnns2)c(Cl)n1. The van der Waals surface area contributed by atoms with Crippen molar-refractivity contribution in [3.63, 3.8) is 0 Å². The molecule has 8 heteroatoms. The normalized spacial score (nSPS) is 10.4. The Kier molecular flexibility index (Phi) is 3.16. The van der Waals surface area contributed by atoms with Crippen molar-refractivity contribution in [2.45, 2.75) is 6.61 Å². The van der Waals surface area contributed by atoms with Crippen molar-refractivity contribution in [3.8, 4) is 0 Å². The summed E-state index contributed by atoms with van der Waals surface area (Å²) in [6, 6.07) is 0. The van der Waals surface area contributed by atoms with Gasteiger partial charge in [-0.25, -0.2) is 4.79 Å². The number of hydrogen-bond acceptors (Lipinski definition) is 6. The fourth-order valence-electron chi connectivity index (χ4n) is 1.06. The molecule has 0 unspecified atom stereocenters. The summed E-state index contributed by atoms with van der Waals surface area (Å²) >= 11 is 6.92. The maximum absolute atomic E-state index is 11.6. The molecule has 0 amide bonds. The summed E-state index contributed by atoms with van der Waals surface area (Å²) in [5, 5.41) is 7.60. The lowest BCUT2D eigenvalue weighted by atomic mass is 10.4. The first-order chi connectivity index (χ1) is 7.66. The van der Waals surface area contributed by atoms with Crippen LogP contribution in [0.5, 0.6) is 0 Å². The molecule has 2 aromatic heterocycles. The maximum atomic E-state index is 11.6. The Morgan fingerprint density at radius 2 is 2.50 bits per heavy atom. The molecule has 0 aliphatic rings. The molecule has 16 heavy (non-hydrogen) atoms. The minimum Gasteiger partial charge on any atom is -0.456 e. The third-order valence-corrected chi connectivity index (χ3v) is 2.67. The second-order valence-corrected chi connectivity index (χ2v) is 4.20. The molecule has 84 valence electrons. The Morgan fingerprint density at radius 3 is 3.06 bits per heavy atom. The van der Waals surface area contributed by atoms with Crippen molar-refractivity contribution in [3.05, 3.63) is 28.0 Å². The molecule has 0 bridgehead atoms. The monoisotopic (exact) mass is 258 g/mol. The van der Waals surface area contributed by atoms with E-state index in [2.05, 4.69) is 14.7 Å². The van der Waals surface area contributed by atoms with E-state index in [1.165, 1.54) is 22.4 Å². The summed E-state index contributed by atoms with van der Waals surface area (Å²) in [4.78, 5) is 12.3. The first-order valence-corrected chi connectivity index (χ1v) is 5.44. The van der Waals surface area contributed by atoms with Crippen LogP contribution >= 0.6 is 23.1 Å². The minimum absolute atomic E-state index is 0.134. The molecule has 0 N–H and O–H groups in total. The lowest BCUT2D eigenvalue weighted by molar-refractivity contribution is 0.0476.